The molecule has 1 aromatic heterocycles. The predicted molar refractivity (Wildman–Crippen MR) is 173 cm³/mol. The largest absolute Gasteiger partial charge is 0.497 e. The Morgan fingerprint density at radius 3 is 2.54 bits per heavy atom. The van der Waals surface area contributed by atoms with E-state index < -0.39 is 35.3 Å². The molecule has 0 spiro atoms. The highest BCUT2D eigenvalue weighted by Crippen LogP contribution is 2.43. The van der Waals surface area contributed by atoms with Crippen LogP contribution in [0, 0.1) is 17.3 Å². The highest BCUT2D eigenvalue weighted by atomic mass is 16.6. The molecule has 11 heteroatoms. The van der Waals surface area contributed by atoms with Gasteiger partial charge >= 0.3 is 6.09 Å². The summed E-state index contributed by atoms with van der Waals surface area (Å²) in [4.78, 5) is 52.5. The number of nitrogens with zero attached hydrogens (tertiary/aromatic N) is 3. The van der Waals surface area contributed by atoms with E-state index in [1.165, 1.54) is 6.92 Å². The summed E-state index contributed by atoms with van der Waals surface area (Å²) in [7, 11) is 3.24. The Labute approximate surface area is 272 Å². The minimum Gasteiger partial charge on any atom is -0.497 e. The second-order valence-corrected chi connectivity index (χ2v) is 14.4. The van der Waals surface area contributed by atoms with Crippen molar-refractivity contribution in [2.24, 2.45) is 17.3 Å². The van der Waals surface area contributed by atoms with E-state index in [2.05, 4.69) is 5.32 Å². The lowest BCUT2D eigenvalue weighted by Crippen LogP contribution is -2.58. The van der Waals surface area contributed by atoms with Crippen LogP contribution in [0.5, 0.6) is 11.6 Å². The third kappa shape index (κ3) is 6.94. The SMILES string of the molecule is COC[C@@]12CCC[C@H]1CCCCCc1nc3ccc(OC)cc3nc1O[C@H]1CN(C(=O)[C@H](C(C)(C)C)NC(=O)O2)[C@H](C(C)=O)[C@@H]1C. The first kappa shape index (κ1) is 33.9. The minimum absolute atomic E-state index is 0.143. The number of alkyl carbamates (subject to hydrolysis) is 1. The van der Waals surface area contributed by atoms with Crippen molar-refractivity contribution in [1.29, 1.82) is 0 Å². The van der Waals surface area contributed by atoms with Crippen LogP contribution < -0.4 is 14.8 Å². The van der Waals surface area contributed by atoms with E-state index >= 15 is 0 Å². The summed E-state index contributed by atoms with van der Waals surface area (Å²) in [6, 6.07) is 3.93. The molecule has 11 nitrogen and oxygen atoms in total. The van der Waals surface area contributed by atoms with Crippen LogP contribution in [0.1, 0.15) is 85.3 Å². The summed E-state index contributed by atoms with van der Waals surface area (Å²) in [6.45, 7) is 9.57. The molecule has 1 saturated heterocycles. The molecule has 5 rings (SSSR count). The van der Waals surface area contributed by atoms with E-state index in [4.69, 9.17) is 28.9 Å². The molecule has 0 radical (unpaired) electrons. The zero-order valence-electron chi connectivity index (χ0n) is 28.4. The number of ether oxygens (including phenoxy) is 4. The quantitative estimate of drug-likeness (QED) is 0.477. The zero-order chi connectivity index (χ0) is 33.2. The average molecular weight is 639 g/mol. The van der Waals surface area contributed by atoms with E-state index in [9.17, 15) is 14.4 Å². The number of ketones is 1. The van der Waals surface area contributed by atoms with Crippen LogP contribution in [0.25, 0.3) is 11.0 Å². The minimum atomic E-state index is -0.936. The molecule has 1 aliphatic carbocycles. The molecule has 1 saturated carbocycles. The van der Waals surface area contributed by atoms with Gasteiger partial charge in [-0.1, -0.05) is 40.5 Å². The summed E-state index contributed by atoms with van der Waals surface area (Å²) >= 11 is 0. The maximum Gasteiger partial charge on any atom is 0.408 e. The lowest BCUT2D eigenvalue weighted by Gasteiger charge is -2.38. The zero-order valence-corrected chi connectivity index (χ0v) is 28.4. The number of hydrogen-bond donors (Lipinski definition) is 1. The number of rotatable bonds is 4. The number of Topliss-reactive ketones (excluding diaryl/α,β-unsaturated/α-hetero) is 1. The fourth-order valence-corrected chi connectivity index (χ4v) is 7.63. The molecule has 0 unspecified atom stereocenters. The molecule has 2 bridgehead atoms. The highest BCUT2D eigenvalue weighted by molar-refractivity contribution is 5.92. The van der Waals surface area contributed by atoms with Crippen LogP contribution in [0.15, 0.2) is 18.2 Å². The molecular weight excluding hydrogens is 588 g/mol. The van der Waals surface area contributed by atoms with Gasteiger partial charge in [0.15, 0.2) is 5.78 Å². The maximum atomic E-state index is 14.4. The van der Waals surface area contributed by atoms with Gasteiger partial charge in [0.2, 0.25) is 11.8 Å². The number of aryl methyl sites for hydroxylation is 1. The second-order valence-electron chi connectivity index (χ2n) is 14.4. The van der Waals surface area contributed by atoms with Crippen molar-refractivity contribution in [2.45, 2.75) is 110 Å². The molecule has 3 heterocycles. The van der Waals surface area contributed by atoms with Crippen LogP contribution in [-0.2, 0) is 25.5 Å². The normalized spacial score (nSPS) is 29.5. The summed E-state index contributed by atoms with van der Waals surface area (Å²) in [6.07, 6.45) is 5.84. The first-order valence-electron chi connectivity index (χ1n) is 16.7. The molecule has 1 aromatic carbocycles. The van der Waals surface area contributed by atoms with Gasteiger partial charge in [0.25, 0.3) is 0 Å². The summed E-state index contributed by atoms with van der Waals surface area (Å²) in [5, 5.41) is 2.92. The standard InChI is InChI=1S/C35H50N4O7/c1-21-28-19-39(29(21)22(2)40)32(41)30(34(3,4)5)38-33(42)46-35(20-43-6)17-11-13-23(35)12-9-8-10-14-26-31(45-28)37-27-18-24(44-7)15-16-25(27)36-26/h15-16,18,21,23,28-30H,8-14,17,19-20H2,1-7H3,(H,38,42)/t21-,23-,28+,29+,30-,35+/m1/s1. The number of fused-ring (bicyclic) bond motifs is 5. The van der Waals surface area contributed by atoms with Gasteiger partial charge in [0.05, 0.1) is 37.3 Å². The van der Waals surface area contributed by atoms with E-state index in [-0.39, 0.29) is 30.1 Å². The van der Waals surface area contributed by atoms with Crippen LogP contribution in [0.4, 0.5) is 4.79 Å². The van der Waals surface area contributed by atoms with Crippen molar-refractivity contribution >= 4 is 28.8 Å². The van der Waals surface area contributed by atoms with Crippen LogP contribution in [0.3, 0.4) is 0 Å². The summed E-state index contributed by atoms with van der Waals surface area (Å²) in [5.74, 6) is 0.422. The highest BCUT2D eigenvalue weighted by Gasteiger charge is 2.50. The third-order valence-corrected chi connectivity index (χ3v) is 10.1. The number of aromatic nitrogens is 2. The lowest BCUT2D eigenvalue weighted by atomic mass is 9.85. The first-order valence-corrected chi connectivity index (χ1v) is 16.7. The number of methoxy groups -OCH3 is 2. The van der Waals surface area contributed by atoms with Gasteiger partial charge in [-0.15, -0.1) is 0 Å². The van der Waals surface area contributed by atoms with E-state index in [1.54, 1.807) is 19.1 Å². The van der Waals surface area contributed by atoms with Gasteiger partial charge in [-0.05, 0) is 63.0 Å². The van der Waals surface area contributed by atoms with Crippen molar-refractivity contribution in [3.8, 4) is 11.6 Å². The number of nitrogens with one attached hydrogen (secondary N) is 1. The smallest absolute Gasteiger partial charge is 0.408 e. The fourth-order valence-electron chi connectivity index (χ4n) is 7.63. The molecular formula is C35H50N4O7. The average Bonchev–Trinajstić information content (AvgIpc) is 3.54. The Kier molecular flexibility index (Phi) is 10.1. The number of carbonyl (C=O) groups is 3. The van der Waals surface area contributed by atoms with Gasteiger partial charge in [0.1, 0.15) is 29.2 Å². The first-order chi connectivity index (χ1) is 21.9. The van der Waals surface area contributed by atoms with Crippen LogP contribution in [-0.4, -0.2) is 83.8 Å². The summed E-state index contributed by atoms with van der Waals surface area (Å²) in [5.41, 5.74) is 0.733. The number of benzene rings is 1. The van der Waals surface area contributed by atoms with Crippen molar-refractivity contribution in [3.05, 3.63) is 23.9 Å². The molecule has 252 valence electrons. The molecule has 2 aliphatic heterocycles. The van der Waals surface area contributed by atoms with Gasteiger partial charge in [0, 0.05) is 25.0 Å². The molecule has 6 atom stereocenters. The molecule has 2 aromatic rings. The van der Waals surface area contributed by atoms with Crippen molar-refractivity contribution < 1.29 is 33.3 Å². The monoisotopic (exact) mass is 638 g/mol. The van der Waals surface area contributed by atoms with Gasteiger partial charge in [-0.3, -0.25) is 9.59 Å². The van der Waals surface area contributed by atoms with E-state index in [0.717, 1.165) is 49.7 Å². The Hall–Kier alpha value is -3.47. The molecule has 2 fully saturated rings. The topological polar surface area (TPSA) is 129 Å². The van der Waals surface area contributed by atoms with Gasteiger partial charge in [-0.2, -0.15) is 0 Å². The number of carbonyl (C=O) groups excluding carboxylic acids is 3. The second kappa shape index (κ2) is 13.7. The maximum absolute atomic E-state index is 14.4. The Balaban J connectivity index is 1.55. The van der Waals surface area contributed by atoms with Crippen LogP contribution in [0.2, 0.25) is 0 Å². The van der Waals surface area contributed by atoms with Crippen molar-refractivity contribution in [2.75, 3.05) is 27.4 Å². The fraction of sp³-hybridized carbons (Fsp3) is 0.686. The van der Waals surface area contributed by atoms with E-state index in [0.29, 0.717) is 36.6 Å². The Bertz CT molecular complexity index is 1440. The van der Waals surface area contributed by atoms with Crippen LogP contribution >= 0.6 is 0 Å². The summed E-state index contributed by atoms with van der Waals surface area (Å²) < 4.78 is 23.9. The molecule has 46 heavy (non-hydrogen) atoms. The van der Waals surface area contributed by atoms with Gasteiger partial charge < -0.3 is 29.2 Å². The number of hydrogen-bond acceptors (Lipinski definition) is 9. The predicted octanol–water partition coefficient (Wildman–Crippen LogP) is 5.26. The molecule has 1 N–H and O–H groups in total. The van der Waals surface area contributed by atoms with Crippen molar-refractivity contribution in [1.82, 2.24) is 20.2 Å². The Morgan fingerprint density at radius 1 is 1.09 bits per heavy atom. The lowest BCUT2D eigenvalue weighted by molar-refractivity contribution is -0.141. The number of amides is 2. The van der Waals surface area contributed by atoms with E-state index in [1.807, 2.05) is 45.9 Å². The molecule has 2 amide bonds. The van der Waals surface area contributed by atoms with Gasteiger partial charge in [-0.25, -0.2) is 14.8 Å². The third-order valence-electron chi connectivity index (χ3n) is 10.1. The molecule has 3 aliphatic rings. The Morgan fingerprint density at radius 2 is 1.85 bits per heavy atom. The van der Waals surface area contributed by atoms with Crippen molar-refractivity contribution in [3.63, 3.8) is 0 Å².